The first kappa shape index (κ1) is 8.83. The first-order chi connectivity index (χ1) is 1.41. The molecule has 0 aromatic rings. The van der Waals surface area contributed by atoms with Crippen molar-refractivity contribution in [1.29, 1.82) is 0 Å². The Morgan fingerprint density at radius 3 is 1.25 bits per heavy atom. The van der Waals surface area contributed by atoms with Crippen molar-refractivity contribution >= 4 is 17.0 Å². The van der Waals surface area contributed by atoms with Gasteiger partial charge in [-0.15, -0.1) is 17.0 Å². The standard InChI is InChI=1S/C2H7N.BrH/c1-3-2;/h3H,1-2H3;1H/p+1. The molecule has 28 valence electrons. The lowest BCUT2D eigenvalue weighted by Gasteiger charge is -1.57. The molecule has 4 heavy (non-hydrogen) atoms. The molecule has 0 aliphatic heterocycles. The molecule has 0 aliphatic rings. The van der Waals surface area contributed by atoms with E-state index < -0.39 is 0 Å². The Labute approximate surface area is 37.2 Å². The Morgan fingerprint density at radius 1 is 1.25 bits per heavy atom. The molecule has 0 radical (unpaired) electrons. The third-order valence-corrected chi connectivity index (χ3v) is 0. The molecule has 0 amide bonds. The van der Waals surface area contributed by atoms with Gasteiger partial charge >= 0.3 is 0 Å². The van der Waals surface area contributed by atoms with E-state index >= 15 is 0 Å². The van der Waals surface area contributed by atoms with Gasteiger partial charge in [0.15, 0.2) is 0 Å². The lowest BCUT2D eigenvalue weighted by molar-refractivity contribution is -0.597. The molecule has 0 saturated carbocycles. The van der Waals surface area contributed by atoms with Crippen LogP contribution >= 0.6 is 17.0 Å². The molecule has 0 saturated heterocycles. The summed E-state index contributed by atoms with van der Waals surface area (Å²) in [7, 11) is 4.00. The lowest BCUT2D eigenvalue weighted by Crippen LogP contribution is -2.74. The highest BCUT2D eigenvalue weighted by atomic mass is 79.9. The summed E-state index contributed by atoms with van der Waals surface area (Å²) in [5, 5.41) is 2.00. The predicted octanol–water partition coefficient (Wildman–Crippen LogP) is -0.613. The molecule has 2 N–H and O–H groups in total. The lowest BCUT2D eigenvalue weighted by atomic mass is 11.3. The second-order valence-corrected chi connectivity index (χ2v) is 0.577. The van der Waals surface area contributed by atoms with Gasteiger partial charge in [0.25, 0.3) is 0 Å². The third-order valence-electron chi connectivity index (χ3n) is 0. The largest absolute Gasteiger partial charge is 0.351 e. The van der Waals surface area contributed by atoms with Crippen molar-refractivity contribution < 1.29 is 5.32 Å². The van der Waals surface area contributed by atoms with Gasteiger partial charge in [-0.1, -0.05) is 0 Å². The number of nitrogens with two attached hydrogens (primary N) is 1. The van der Waals surface area contributed by atoms with E-state index in [1.165, 1.54) is 0 Å². The molecule has 1 nitrogen and oxygen atoms in total. The van der Waals surface area contributed by atoms with Gasteiger partial charge in [-0.05, 0) is 0 Å². The van der Waals surface area contributed by atoms with Crippen molar-refractivity contribution in [3.63, 3.8) is 0 Å². The van der Waals surface area contributed by atoms with Gasteiger partial charge in [0, 0.05) is 0 Å². The van der Waals surface area contributed by atoms with Crippen LogP contribution in [-0.2, 0) is 0 Å². The fraction of sp³-hybridized carbons (Fsp3) is 1.00. The Bertz CT molecular complexity index is 6.00. The second-order valence-electron chi connectivity index (χ2n) is 0.577. The van der Waals surface area contributed by atoms with E-state index in [0.29, 0.717) is 0 Å². The predicted molar refractivity (Wildman–Crippen MR) is 24.1 cm³/mol. The van der Waals surface area contributed by atoms with Crippen molar-refractivity contribution in [3.8, 4) is 0 Å². The molecular weight excluding hydrogens is 118 g/mol. The Kier molecular flexibility index (Phi) is 21.8. The zero-order valence-electron chi connectivity index (χ0n) is 2.99. The summed E-state index contributed by atoms with van der Waals surface area (Å²) in [6.45, 7) is 0. The van der Waals surface area contributed by atoms with Crippen LogP contribution < -0.4 is 5.32 Å². The minimum atomic E-state index is 0. The van der Waals surface area contributed by atoms with E-state index in [2.05, 4.69) is 0 Å². The van der Waals surface area contributed by atoms with Crippen LogP contribution in [0.2, 0.25) is 0 Å². The SMILES string of the molecule is Br.C[NH2+]C. The zero-order chi connectivity index (χ0) is 2.71. The highest BCUT2D eigenvalue weighted by Gasteiger charge is 1.29. The van der Waals surface area contributed by atoms with Gasteiger partial charge in [-0.3, -0.25) is 0 Å². The summed E-state index contributed by atoms with van der Waals surface area (Å²) in [5.74, 6) is 0. The van der Waals surface area contributed by atoms with Gasteiger partial charge in [0.1, 0.15) is 0 Å². The molecule has 0 atom stereocenters. The second kappa shape index (κ2) is 9.88. The number of hydrogen-bond donors (Lipinski definition) is 1. The van der Waals surface area contributed by atoms with Crippen LogP contribution in [0.15, 0.2) is 0 Å². The molecule has 0 aromatic heterocycles. The number of quaternary nitrogens is 1. The van der Waals surface area contributed by atoms with Crippen LogP contribution in [0.1, 0.15) is 0 Å². The topological polar surface area (TPSA) is 16.6 Å². The molecule has 0 bridgehead atoms. The summed E-state index contributed by atoms with van der Waals surface area (Å²) >= 11 is 0. The molecule has 0 rings (SSSR count). The van der Waals surface area contributed by atoms with Gasteiger partial charge < -0.3 is 5.32 Å². The van der Waals surface area contributed by atoms with E-state index in [4.69, 9.17) is 0 Å². The average molecular weight is 127 g/mol. The third kappa shape index (κ3) is 26.1. The number of halogens is 1. The molecular formula is C2H9BrN+. The number of hydrogen-bond acceptors (Lipinski definition) is 0. The van der Waals surface area contributed by atoms with E-state index in [1.807, 2.05) is 19.4 Å². The van der Waals surface area contributed by atoms with E-state index in [0.717, 1.165) is 0 Å². The van der Waals surface area contributed by atoms with Gasteiger partial charge in [0.2, 0.25) is 0 Å². The van der Waals surface area contributed by atoms with Crippen LogP contribution in [0.5, 0.6) is 0 Å². The molecule has 0 aliphatic carbocycles. The Hall–Kier alpha value is 0.440. The van der Waals surface area contributed by atoms with Crippen molar-refractivity contribution in [3.05, 3.63) is 0 Å². The van der Waals surface area contributed by atoms with Crippen LogP contribution in [0.25, 0.3) is 0 Å². The quantitative estimate of drug-likeness (QED) is 0.447. The highest BCUT2D eigenvalue weighted by molar-refractivity contribution is 8.93. The summed E-state index contributed by atoms with van der Waals surface area (Å²) < 4.78 is 0. The minimum absolute atomic E-state index is 0. The van der Waals surface area contributed by atoms with Crippen LogP contribution in [-0.4, -0.2) is 14.1 Å². The maximum Gasteiger partial charge on any atom is 0.0647 e. The Morgan fingerprint density at radius 2 is 1.25 bits per heavy atom. The van der Waals surface area contributed by atoms with Crippen LogP contribution in [0, 0.1) is 0 Å². The number of rotatable bonds is 0. The molecule has 2 heteroatoms. The maximum absolute atomic E-state index is 2.00. The van der Waals surface area contributed by atoms with Gasteiger partial charge in [-0.25, -0.2) is 0 Å². The maximum atomic E-state index is 2.00. The fourth-order valence-corrected chi connectivity index (χ4v) is 0. The molecule has 0 unspecified atom stereocenters. The van der Waals surface area contributed by atoms with Gasteiger partial charge in [-0.2, -0.15) is 0 Å². The summed E-state index contributed by atoms with van der Waals surface area (Å²) in [6, 6.07) is 0. The van der Waals surface area contributed by atoms with Crippen LogP contribution in [0.3, 0.4) is 0 Å². The van der Waals surface area contributed by atoms with Crippen molar-refractivity contribution in [2.24, 2.45) is 0 Å². The Balaban J connectivity index is 0. The first-order valence-corrected chi connectivity index (χ1v) is 1.15. The molecule has 0 fully saturated rings. The van der Waals surface area contributed by atoms with Crippen molar-refractivity contribution in [2.75, 3.05) is 14.1 Å². The van der Waals surface area contributed by atoms with Crippen LogP contribution in [0.4, 0.5) is 0 Å². The zero-order valence-corrected chi connectivity index (χ0v) is 4.70. The highest BCUT2D eigenvalue weighted by Crippen LogP contribution is 0.846. The monoisotopic (exact) mass is 126 g/mol. The fourth-order valence-electron chi connectivity index (χ4n) is 0. The van der Waals surface area contributed by atoms with Gasteiger partial charge in [0.05, 0.1) is 14.1 Å². The van der Waals surface area contributed by atoms with E-state index in [1.54, 1.807) is 0 Å². The summed E-state index contributed by atoms with van der Waals surface area (Å²) in [4.78, 5) is 0. The summed E-state index contributed by atoms with van der Waals surface area (Å²) in [6.07, 6.45) is 0. The first-order valence-electron chi connectivity index (χ1n) is 1.15. The van der Waals surface area contributed by atoms with Crippen molar-refractivity contribution in [1.82, 2.24) is 0 Å². The minimum Gasteiger partial charge on any atom is -0.351 e. The van der Waals surface area contributed by atoms with E-state index in [9.17, 15) is 0 Å². The van der Waals surface area contributed by atoms with E-state index in [-0.39, 0.29) is 17.0 Å². The molecule has 0 aromatic carbocycles. The van der Waals surface area contributed by atoms with Crippen molar-refractivity contribution in [2.45, 2.75) is 0 Å². The smallest absolute Gasteiger partial charge is 0.0647 e. The normalized spacial score (nSPS) is 4.50. The average Bonchev–Trinajstić information content (AvgIpc) is 0.918. The molecule has 0 heterocycles. The molecule has 0 spiro atoms. The summed E-state index contributed by atoms with van der Waals surface area (Å²) in [5.41, 5.74) is 0.